The number of piperidine rings is 1. The smallest absolute Gasteiger partial charge is 0.0497 e. The van der Waals surface area contributed by atoms with E-state index in [1.165, 1.54) is 60.1 Å². The Morgan fingerprint density at radius 2 is 1.75 bits per heavy atom. The molecule has 1 aliphatic rings. The fourth-order valence-corrected chi connectivity index (χ4v) is 3.96. The van der Waals surface area contributed by atoms with Gasteiger partial charge in [-0.1, -0.05) is 48.4 Å². The molecule has 3 aromatic rings. The molecule has 1 aliphatic heterocycles. The minimum atomic E-state index is 0.806. The zero-order chi connectivity index (χ0) is 16.4. The number of hydrogen-bond donors (Lipinski definition) is 1. The van der Waals surface area contributed by atoms with Crippen LogP contribution in [0.1, 0.15) is 24.8 Å². The van der Waals surface area contributed by atoms with Crippen molar-refractivity contribution in [3.63, 3.8) is 0 Å². The van der Waals surface area contributed by atoms with Crippen molar-refractivity contribution in [3.05, 3.63) is 59.1 Å². The van der Waals surface area contributed by atoms with E-state index in [-0.39, 0.29) is 0 Å². The van der Waals surface area contributed by atoms with E-state index in [1.807, 2.05) is 6.07 Å². The molecule has 1 saturated heterocycles. The second-order valence-electron chi connectivity index (χ2n) is 6.69. The SMILES string of the molecule is Clc1ccc2[nH]c(-c3ccccc3)c(CCN3CCCCC3)c2c1. The third kappa shape index (κ3) is 3.22. The van der Waals surface area contributed by atoms with Gasteiger partial charge in [0.1, 0.15) is 0 Å². The molecule has 2 heterocycles. The Labute approximate surface area is 148 Å². The Hall–Kier alpha value is -1.77. The summed E-state index contributed by atoms with van der Waals surface area (Å²) in [4.78, 5) is 6.22. The second-order valence-corrected chi connectivity index (χ2v) is 7.12. The number of rotatable bonds is 4. The van der Waals surface area contributed by atoms with Crippen molar-refractivity contribution < 1.29 is 0 Å². The lowest BCUT2D eigenvalue weighted by atomic mass is 10.0. The number of nitrogens with zero attached hydrogens (tertiary/aromatic N) is 1. The second kappa shape index (κ2) is 7.00. The quantitative estimate of drug-likeness (QED) is 0.664. The van der Waals surface area contributed by atoms with Crippen molar-refractivity contribution in [2.75, 3.05) is 19.6 Å². The van der Waals surface area contributed by atoms with Crippen LogP contribution in [-0.2, 0) is 6.42 Å². The molecule has 2 aromatic carbocycles. The zero-order valence-corrected chi connectivity index (χ0v) is 14.6. The largest absolute Gasteiger partial charge is 0.354 e. The summed E-state index contributed by atoms with van der Waals surface area (Å²) >= 11 is 6.27. The summed E-state index contributed by atoms with van der Waals surface area (Å²) in [7, 11) is 0. The molecule has 124 valence electrons. The van der Waals surface area contributed by atoms with Gasteiger partial charge in [-0.2, -0.15) is 0 Å². The fraction of sp³-hybridized carbons (Fsp3) is 0.333. The number of halogens is 1. The summed E-state index contributed by atoms with van der Waals surface area (Å²) in [6.07, 6.45) is 5.12. The van der Waals surface area contributed by atoms with Crippen LogP contribution < -0.4 is 0 Å². The van der Waals surface area contributed by atoms with E-state index < -0.39 is 0 Å². The highest BCUT2D eigenvalue weighted by molar-refractivity contribution is 6.31. The van der Waals surface area contributed by atoms with Crippen molar-refractivity contribution >= 4 is 22.5 Å². The van der Waals surface area contributed by atoms with Gasteiger partial charge in [0.05, 0.1) is 0 Å². The first-order chi connectivity index (χ1) is 11.8. The predicted molar refractivity (Wildman–Crippen MR) is 103 cm³/mol. The fourth-order valence-electron chi connectivity index (χ4n) is 3.78. The molecule has 0 aliphatic carbocycles. The lowest BCUT2D eigenvalue weighted by molar-refractivity contribution is 0.232. The number of nitrogens with one attached hydrogen (secondary N) is 1. The van der Waals surface area contributed by atoms with Crippen molar-refractivity contribution in [2.45, 2.75) is 25.7 Å². The first-order valence-electron chi connectivity index (χ1n) is 8.89. The van der Waals surface area contributed by atoms with E-state index in [0.29, 0.717) is 0 Å². The summed E-state index contributed by atoms with van der Waals surface area (Å²) < 4.78 is 0. The zero-order valence-electron chi connectivity index (χ0n) is 13.9. The van der Waals surface area contributed by atoms with E-state index >= 15 is 0 Å². The van der Waals surface area contributed by atoms with E-state index in [0.717, 1.165) is 18.0 Å². The van der Waals surface area contributed by atoms with Crippen LogP contribution in [0.3, 0.4) is 0 Å². The van der Waals surface area contributed by atoms with Gasteiger partial charge >= 0.3 is 0 Å². The average Bonchev–Trinajstić information content (AvgIpc) is 2.99. The van der Waals surface area contributed by atoms with E-state index in [2.05, 4.69) is 52.3 Å². The topological polar surface area (TPSA) is 19.0 Å². The summed E-state index contributed by atoms with van der Waals surface area (Å²) in [5, 5.41) is 2.07. The summed E-state index contributed by atoms with van der Waals surface area (Å²) in [6.45, 7) is 3.60. The number of hydrogen-bond acceptors (Lipinski definition) is 1. The molecule has 0 saturated carbocycles. The molecule has 0 bridgehead atoms. The maximum Gasteiger partial charge on any atom is 0.0497 e. The van der Waals surface area contributed by atoms with Crippen LogP contribution >= 0.6 is 11.6 Å². The summed E-state index contributed by atoms with van der Waals surface area (Å²) in [6, 6.07) is 16.8. The maximum absolute atomic E-state index is 6.27. The van der Waals surface area contributed by atoms with Crippen LogP contribution in [0.15, 0.2) is 48.5 Å². The third-order valence-corrected chi connectivity index (χ3v) is 5.29. The lowest BCUT2D eigenvalue weighted by Gasteiger charge is -2.26. The number of fused-ring (bicyclic) bond motifs is 1. The molecule has 0 radical (unpaired) electrons. The van der Waals surface area contributed by atoms with E-state index in [1.54, 1.807) is 0 Å². The molecule has 24 heavy (non-hydrogen) atoms. The molecular weight excluding hydrogens is 316 g/mol. The Morgan fingerprint density at radius 3 is 2.54 bits per heavy atom. The van der Waals surface area contributed by atoms with Crippen LogP contribution in [0.4, 0.5) is 0 Å². The number of aromatic amines is 1. The molecule has 1 aromatic heterocycles. The molecule has 0 amide bonds. The van der Waals surface area contributed by atoms with E-state index in [4.69, 9.17) is 11.6 Å². The first-order valence-corrected chi connectivity index (χ1v) is 9.27. The van der Waals surface area contributed by atoms with Crippen molar-refractivity contribution in [1.29, 1.82) is 0 Å². The minimum absolute atomic E-state index is 0.806. The first kappa shape index (κ1) is 15.7. The highest BCUT2D eigenvalue weighted by Gasteiger charge is 2.16. The van der Waals surface area contributed by atoms with Crippen LogP contribution in [0.5, 0.6) is 0 Å². The Morgan fingerprint density at radius 1 is 0.958 bits per heavy atom. The predicted octanol–water partition coefficient (Wildman–Crippen LogP) is 5.52. The van der Waals surface area contributed by atoms with Gasteiger partial charge in [0, 0.05) is 28.2 Å². The minimum Gasteiger partial charge on any atom is -0.354 e. The Kier molecular flexibility index (Phi) is 4.59. The normalized spacial score (nSPS) is 15.9. The van der Waals surface area contributed by atoms with Crippen molar-refractivity contribution in [2.24, 2.45) is 0 Å². The molecule has 1 fully saturated rings. The lowest BCUT2D eigenvalue weighted by Crippen LogP contribution is -2.31. The molecule has 0 unspecified atom stereocenters. The van der Waals surface area contributed by atoms with Gasteiger partial charge in [-0.25, -0.2) is 0 Å². The van der Waals surface area contributed by atoms with Crippen LogP contribution in [0.2, 0.25) is 5.02 Å². The van der Waals surface area contributed by atoms with Gasteiger partial charge in [0.15, 0.2) is 0 Å². The van der Waals surface area contributed by atoms with Crippen LogP contribution in [0.25, 0.3) is 22.2 Å². The molecule has 0 spiro atoms. The number of aromatic nitrogens is 1. The number of H-pyrrole nitrogens is 1. The maximum atomic E-state index is 6.27. The molecule has 0 atom stereocenters. The molecule has 1 N–H and O–H groups in total. The third-order valence-electron chi connectivity index (χ3n) is 5.06. The van der Waals surface area contributed by atoms with Crippen molar-refractivity contribution in [3.8, 4) is 11.3 Å². The molecule has 4 rings (SSSR count). The van der Waals surface area contributed by atoms with Gasteiger partial charge in [0.25, 0.3) is 0 Å². The number of likely N-dealkylation sites (tertiary alicyclic amines) is 1. The van der Waals surface area contributed by atoms with Gasteiger partial charge in [-0.3, -0.25) is 0 Å². The van der Waals surface area contributed by atoms with Gasteiger partial charge in [0.2, 0.25) is 0 Å². The van der Waals surface area contributed by atoms with Gasteiger partial charge < -0.3 is 9.88 Å². The Balaban J connectivity index is 1.71. The molecule has 2 nitrogen and oxygen atoms in total. The Bertz CT molecular complexity index is 816. The summed E-state index contributed by atoms with van der Waals surface area (Å²) in [5.74, 6) is 0. The monoisotopic (exact) mass is 338 g/mol. The van der Waals surface area contributed by atoms with Crippen molar-refractivity contribution in [1.82, 2.24) is 9.88 Å². The van der Waals surface area contributed by atoms with E-state index in [9.17, 15) is 0 Å². The average molecular weight is 339 g/mol. The number of benzene rings is 2. The standard InChI is InChI=1S/C21H23ClN2/c22-17-9-10-20-19(15-17)18(11-14-24-12-5-2-6-13-24)21(23-20)16-7-3-1-4-8-16/h1,3-4,7-10,15,23H,2,5-6,11-14H2. The summed E-state index contributed by atoms with van der Waals surface area (Å²) in [5.41, 5.74) is 5.06. The molecule has 3 heteroatoms. The molecular formula is C21H23ClN2. The van der Waals surface area contributed by atoms with Gasteiger partial charge in [-0.05, 0) is 61.7 Å². The van der Waals surface area contributed by atoms with Crippen LogP contribution in [-0.4, -0.2) is 29.5 Å². The highest BCUT2D eigenvalue weighted by atomic mass is 35.5. The highest BCUT2D eigenvalue weighted by Crippen LogP contribution is 2.32. The van der Waals surface area contributed by atoms with Gasteiger partial charge in [-0.15, -0.1) is 0 Å². The van der Waals surface area contributed by atoms with Crippen LogP contribution in [0, 0.1) is 0 Å².